The van der Waals surface area contributed by atoms with Crippen molar-refractivity contribution in [3.63, 3.8) is 0 Å². The molecular weight excluding hydrogens is 942 g/mol. The minimum atomic E-state index is -3.44. The average Bonchev–Trinajstić information content (AvgIpc) is 3.92. The van der Waals surface area contributed by atoms with Crippen LogP contribution in [-0.4, -0.2) is 3.21 Å². The van der Waals surface area contributed by atoms with E-state index in [0.29, 0.717) is 0 Å². The summed E-state index contributed by atoms with van der Waals surface area (Å²) in [5.41, 5.74) is 15.9. The number of fused-ring (bicyclic) bond motifs is 5. The summed E-state index contributed by atoms with van der Waals surface area (Å²) in [7, 11) is 0. The first-order chi connectivity index (χ1) is 29.8. The van der Waals surface area contributed by atoms with Crippen LogP contribution in [-0.2, 0) is 38.5 Å². The van der Waals surface area contributed by atoms with Gasteiger partial charge in [0.2, 0.25) is 0 Å². The second-order valence-electron chi connectivity index (χ2n) is 19.1. The molecule has 0 heterocycles. The van der Waals surface area contributed by atoms with Gasteiger partial charge in [-0.15, -0.1) is 24.8 Å². The molecule has 64 heavy (non-hydrogen) atoms. The third kappa shape index (κ3) is 8.38. The minimum Gasteiger partial charge on any atom is -0.147 e. The van der Waals surface area contributed by atoms with E-state index in [0.717, 1.165) is 33.7 Å². The van der Waals surface area contributed by atoms with E-state index in [1.165, 1.54) is 80.7 Å². The fourth-order valence-corrected chi connectivity index (χ4v) is 19.1. The fraction of sp³-hybridized carbons (Fsp3) is 0.169. The third-order valence-electron chi connectivity index (χ3n) is 12.9. The van der Waals surface area contributed by atoms with Crippen molar-refractivity contribution in [3.8, 4) is 33.4 Å². The molecule has 10 rings (SSSR count). The van der Waals surface area contributed by atoms with Gasteiger partial charge in [-0.3, -0.25) is 0 Å². The van der Waals surface area contributed by atoms with Gasteiger partial charge in [-0.1, -0.05) is 0 Å². The molecule has 2 aliphatic rings. The van der Waals surface area contributed by atoms with Gasteiger partial charge in [0.25, 0.3) is 0 Å². The first kappa shape index (κ1) is 46.2. The van der Waals surface area contributed by atoms with Crippen LogP contribution in [0.3, 0.4) is 0 Å². The molecule has 5 heteroatoms. The van der Waals surface area contributed by atoms with Crippen molar-refractivity contribution in [1.82, 2.24) is 0 Å². The zero-order valence-electron chi connectivity index (χ0n) is 37.2. The van der Waals surface area contributed by atoms with Gasteiger partial charge in [-0.2, -0.15) is 0 Å². The Balaban J connectivity index is 0.00000280. The van der Waals surface area contributed by atoms with E-state index in [1.807, 2.05) is 0 Å². The molecule has 0 spiro atoms. The molecule has 0 atom stereocenters. The van der Waals surface area contributed by atoms with Crippen LogP contribution >= 0.6 is 48.0 Å². The third-order valence-corrected chi connectivity index (χ3v) is 20.9. The Morgan fingerprint density at radius 1 is 0.531 bits per heavy atom. The smallest absolute Gasteiger partial charge is 0.147 e. The van der Waals surface area contributed by atoms with Crippen molar-refractivity contribution in [2.24, 2.45) is 0 Å². The molecule has 0 bridgehead atoms. The van der Waals surface area contributed by atoms with Crippen LogP contribution < -0.4 is 3.27 Å². The SMILES string of the molecule is CC(C)(C)c1cc2c(cc1-c1ccccc1)Cc1c-2cc(C(C)(C)C)c(-c2ccccc2)[c]1[Zr]([C]1=CC=CC1)=[C](c1cc(Cl)cc2ccccc12)c1cc(Cl)cc2ccccc12.Cl.Cl. The van der Waals surface area contributed by atoms with Gasteiger partial charge in [0, 0.05) is 0 Å². The Morgan fingerprint density at radius 2 is 1.05 bits per heavy atom. The molecule has 0 saturated carbocycles. The first-order valence-electron chi connectivity index (χ1n) is 21.8. The molecule has 0 aliphatic heterocycles. The number of halogens is 4. The molecule has 8 aromatic carbocycles. The summed E-state index contributed by atoms with van der Waals surface area (Å²) in [5, 5.41) is 6.22. The summed E-state index contributed by atoms with van der Waals surface area (Å²) >= 11 is 11.1. The van der Waals surface area contributed by atoms with Crippen molar-refractivity contribution in [1.29, 1.82) is 0 Å². The molecule has 0 fully saturated rings. The van der Waals surface area contributed by atoms with Gasteiger partial charge in [0.1, 0.15) is 0 Å². The maximum Gasteiger partial charge on any atom is -0.147 e. The Hall–Kier alpha value is -4.33. The molecule has 2 aliphatic carbocycles. The van der Waals surface area contributed by atoms with Crippen LogP contribution in [0.5, 0.6) is 0 Å². The van der Waals surface area contributed by atoms with Crippen LogP contribution in [0.1, 0.15) is 81.3 Å². The average molecular weight is 994 g/mol. The van der Waals surface area contributed by atoms with E-state index in [4.69, 9.17) is 23.2 Å². The largest absolute Gasteiger partial charge is 0.147 e. The van der Waals surface area contributed by atoms with E-state index in [-0.39, 0.29) is 35.6 Å². The Labute approximate surface area is 409 Å². The molecular formula is C59H52Cl4Zr. The van der Waals surface area contributed by atoms with E-state index >= 15 is 0 Å². The Kier molecular flexibility index (Phi) is 13.1. The van der Waals surface area contributed by atoms with Gasteiger partial charge in [-0.05, 0) is 0 Å². The molecule has 0 N–H and O–H groups in total. The van der Waals surface area contributed by atoms with E-state index in [2.05, 4.69) is 211 Å². The fourth-order valence-electron chi connectivity index (χ4n) is 10.1. The van der Waals surface area contributed by atoms with Crippen LogP contribution in [0.15, 0.2) is 173 Å². The van der Waals surface area contributed by atoms with E-state index < -0.39 is 21.3 Å². The number of hydrogen-bond acceptors (Lipinski definition) is 0. The molecule has 0 radical (unpaired) electrons. The quantitative estimate of drug-likeness (QED) is 0.156. The van der Waals surface area contributed by atoms with Gasteiger partial charge in [0.05, 0.1) is 0 Å². The molecule has 320 valence electrons. The predicted molar refractivity (Wildman–Crippen MR) is 280 cm³/mol. The standard InChI is InChI=1S/C33H33.C21H12Cl2.C5H5.2ClH.Zr/c1-32(2,3)30-20-26-24(18-28(30)22-13-9-7-10-14-22)17-25-19-29(23-15-11-8-12-16-23)31(21-27(25)26)33(4,5)6;22-18-10-14-5-1-3-7-20(14)16(12-18)9-17-13-19(23)11-15-6-2-4-8-21(15)17;1-2-4-5-3-1;;;/h7-16,18,20-21H,17H2,1-6H3;1-8,10-13H;1-3H,4H2;2*1H;. The van der Waals surface area contributed by atoms with E-state index in [9.17, 15) is 0 Å². The van der Waals surface area contributed by atoms with Crippen LogP contribution in [0.4, 0.5) is 0 Å². The maximum atomic E-state index is 7.25. The van der Waals surface area contributed by atoms with Gasteiger partial charge in [-0.25, -0.2) is 0 Å². The van der Waals surface area contributed by atoms with Gasteiger partial charge >= 0.3 is 388 Å². The Morgan fingerprint density at radius 3 is 1.58 bits per heavy atom. The second-order valence-corrected chi connectivity index (χ2v) is 25.8. The Bertz CT molecular complexity index is 3110. The van der Waals surface area contributed by atoms with Crippen molar-refractivity contribution >= 4 is 76.0 Å². The maximum absolute atomic E-state index is 7.25. The normalized spacial score (nSPS) is 13.0. The molecule has 0 aromatic heterocycles. The van der Waals surface area contributed by atoms with E-state index in [1.54, 1.807) is 6.55 Å². The number of allylic oxidation sites excluding steroid dienone is 4. The zero-order valence-corrected chi connectivity index (χ0v) is 42.8. The number of rotatable bonds is 6. The first-order valence-corrected chi connectivity index (χ1v) is 26.3. The predicted octanol–water partition coefficient (Wildman–Crippen LogP) is 17.0. The van der Waals surface area contributed by atoms with Crippen LogP contribution in [0.2, 0.25) is 10.0 Å². The summed E-state index contributed by atoms with van der Waals surface area (Å²) in [4.78, 5) is 0. The monoisotopic (exact) mass is 990 g/mol. The van der Waals surface area contributed by atoms with Crippen molar-refractivity contribution in [2.75, 3.05) is 0 Å². The summed E-state index contributed by atoms with van der Waals surface area (Å²) in [5.74, 6) is 0. The zero-order chi connectivity index (χ0) is 42.9. The topological polar surface area (TPSA) is 0 Å². The number of hydrogen-bond donors (Lipinski definition) is 0. The van der Waals surface area contributed by atoms with Gasteiger partial charge in [0.15, 0.2) is 0 Å². The summed E-state index contributed by atoms with van der Waals surface area (Å²) in [6.45, 7) is 14.3. The molecule has 0 saturated heterocycles. The van der Waals surface area contributed by atoms with Crippen molar-refractivity contribution < 1.29 is 21.3 Å². The van der Waals surface area contributed by atoms with Crippen LogP contribution in [0.25, 0.3) is 54.9 Å². The number of benzene rings is 8. The summed E-state index contributed by atoms with van der Waals surface area (Å²) in [6, 6.07) is 56.3. The molecule has 0 unspecified atom stereocenters. The summed E-state index contributed by atoms with van der Waals surface area (Å²) < 4.78 is 4.53. The molecule has 8 aromatic rings. The van der Waals surface area contributed by atoms with Crippen molar-refractivity contribution in [2.45, 2.75) is 65.2 Å². The second kappa shape index (κ2) is 18.2. The van der Waals surface area contributed by atoms with Gasteiger partial charge < -0.3 is 0 Å². The van der Waals surface area contributed by atoms with Crippen molar-refractivity contribution in [3.05, 3.63) is 217 Å². The molecule has 0 nitrogen and oxygen atoms in total. The minimum absolute atomic E-state index is 0. The molecule has 0 amide bonds. The van der Waals surface area contributed by atoms with Crippen LogP contribution in [0, 0.1) is 0 Å². The summed E-state index contributed by atoms with van der Waals surface area (Å²) in [6.07, 6.45) is 8.93.